The molecule has 1 fully saturated rings. The van der Waals surface area contributed by atoms with Gasteiger partial charge in [-0.25, -0.2) is 4.98 Å². The van der Waals surface area contributed by atoms with Crippen molar-refractivity contribution >= 4 is 51.4 Å². The number of fused-ring (bicyclic) bond motifs is 1. The topological polar surface area (TPSA) is 120 Å². The number of hydrogen-bond donors (Lipinski definition) is 3. The highest BCUT2D eigenvalue weighted by atomic mass is 35.5. The van der Waals surface area contributed by atoms with Crippen LogP contribution >= 0.6 is 11.6 Å². The number of para-hydroxylation sites is 1. The maximum Gasteiger partial charge on any atom is 0.254 e. The zero-order valence-corrected chi connectivity index (χ0v) is 26.5. The fourth-order valence-corrected chi connectivity index (χ4v) is 6.69. The third kappa shape index (κ3) is 7.12. The smallest absolute Gasteiger partial charge is 0.254 e. The van der Waals surface area contributed by atoms with E-state index in [2.05, 4.69) is 25.5 Å². The van der Waals surface area contributed by atoms with Gasteiger partial charge in [-0.15, -0.1) is 0 Å². The van der Waals surface area contributed by atoms with Crippen LogP contribution in [0.1, 0.15) is 56.5 Å². The first kappa shape index (κ1) is 31.2. The summed E-state index contributed by atoms with van der Waals surface area (Å²) in [5.41, 5.74) is 2.76. The number of ether oxygens (including phenoxy) is 1. The SMILES string of the molecule is CC(C)Oc1cc2c(cc1Nc1ncc(Cl)c(Nc3ccccc3S(=O)C(C)C)n1)C(=O)N(C1CCCN(CCO)C1)C2. The van der Waals surface area contributed by atoms with Crippen LogP contribution in [0.4, 0.5) is 23.1 Å². The van der Waals surface area contributed by atoms with Crippen LogP contribution in [0.25, 0.3) is 0 Å². The number of aliphatic hydroxyl groups is 1. The van der Waals surface area contributed by atoms with E-state index in [9.17, 15) is 14.1 Å². The van der Waals surface area contributed by atoms with Gasteiger partial charge in [-0.1, -0.05) is 37.6 Å². The Morgan fingerprint density at radius 1 is 1.16 bits per heavy atom. The van der Waals surface area contributed by atoms with E-state index >= 15 is 0 Å². The van der Waals surface area contributed by atoms with Crippen LogP contribution in [0.5, 0.6) is 5.75 Å². The van der Waals surface area contributed by atoms with Crippen molar-refractivity contribution < 1.29 is 18.8 Å². The van der Waals surface area contributed by atoms with E-state index in [1.165, 1.54) is 6.20 Å². The normalized spacial score (nSPS) is 17.8. The van der Waals surface area contributed by atoms with Crippen molar-refractivity contribution in [3.8, 4) is 5.75 Å². The molecule has 3 aromatic rings. The van der Waals surface area contributed by atoms with Gasteiger partial charge in [-0.2, -0.15) is 4.98 Å². The van der Waals surface area contributed by atoms with E-state index in [1.807, 2.05) is 69.0 Å². The number of benzene rings is 2. The van der Waals surface area contributed by atoms with Gasteiger partial charge in [0.05, 0.1) is 46.0 Å². The molecule has 2 aliphatic heterocycles. The molecule has 0 spiro atoms. The average Bonchev–Trinajstić information content (AvgIpc) is 3.29. The summed E-state index contributed by atoms with van der Waals surface area (Å²) >= 11 is 6.48. The molecule has 2 aromatic carbocycles. The number of hydrogen-bond acceptors (Lipinski definition) is 9. The quantitative estimate of drug-likeness (QED) is 0.259. The Morgan fingerprint density at radius 2 is 1.95 bits per heavy atom. The molecule has 0 bridgehead atoms. The van der Waals surface area contributed by atoms with Gasteiger partial charge in [0, 0.05) is 36.5 Å². The largest absolute Gasteiger partial charge is 0.489 e. The van der Waals surface area contributed by atoms with Crippen molar-refractivity contribution in [3.05, 3.63) is 58.7 Å². The van der Waals surface area contributed by atoms with Gasteiger partial charge in [-0.05, 0) is 63.1 Å². The van der Waals surface area contributed by atoms with Crippen molar-refractivity contribution in [2.75, 3.05) is 36.9 Å². The summed E-state index contributed by atoms with van der Waals surface area (Å²) in [6.45, 7) is 10.6. The molecule has 1 amide bonds. The number of carbonyl (C=O) groups is 1. The summed E-state index contributed by atoms with van der Waals surface area (Å²) in [6.07, 6.45) is 3.32. The molecule has 230 valence electrons. The van der Waals surface area contributed by atoms with E-state index in [-0.39, 0.29) is 35.9 Å². The minimum absolute atomic E-state index is 0.0147. The van der Waals surface area contributed by atoms with Crippen molar-refractivity contribution in [2.45, 2.75) is 69.4 Å². The maximum absolute atomic E-state index is 13.6. The number of aromatic nitrogens is 2. The fourth-order valence-electron chi connectivity index (χ4n) is 5.50. The Hall–Kier alpha value is -3.25. The minimum Gasteiger partial charge on any atom is -0.489 e. The predicted octanol–water partition coefficient (Wildman–Crippen LogP) is 5.33. The zero-order chi connectivity index (χ0) is 30.7. The predicted molar refractivity (Wildman–Crippen MR) is 170 cm³/mol. The second kappa shape index (κ2) is 13.6. The monoisotopic (exact) mass is 626 g/mol. The molecule has 0 radical (unpaired) electrons. The van der Waals surface area contributed by atoms with Gasteiger partial charge in [0.2, 0.25) is 5.95 Å². The number of carbonyl (C=O) groups excluding carboxylic acids is 1. The first-order valence-corrected chi connectivity index (χ1v) is 16.3. The van der Waals surface area contributed by atoms with Crippen molar-refractivity contribution in [2.24, 2.45) is 0 Å². The lowest BCUT2D eigenvalue weighted by atomic mass is 10.0. The van der Waals surface area contributed by atoms with Gasteiger partial charge in [0.25, 0.3) is 5.91 Å². The van der Waals surface area contributed by atoms with Crippen LogP contribution in [-0.2, 0) is 17.3 Å². The third-order valence-corrected chi connectivity index (χ3v) is 9.44. The highest BCUT2D eigenvalue weighted by Gasteiger charge is 2.36. The third-order valence-electron chi connectivity index (χ3n) is 7.51. The molecule has 3 heterocycles. The molecular weight excluding hydrogens is 588 g/mol. The highest BCUT2D eigenvalue weighted by Crippen LogP contribution is 2.38. The molecule has 2 unspecified atom stereocenters. The first-order valence-electron chi connectivity index (χ1n) is 14.7. The summed E-state index contributed by atoms with van der Waals surface area (Å²) in [4.78, 5) is 27.4. The number of anilines is 4. The summed E-state index contributed by atoms with van der Waals surface area (Å²) in [5.74, 6) is 1.20. The maximum atomic E-state index is 13.6. The zero-order valence-electron chi connectivity index (χ0n) is 25.0. The molecular formula is C31H39ClN6O4S. The van der Waals surface area contributed by atoms with Gasteiger partial charge in [0.1, 0.15) is 10.8 Å². The molecule has 1 saturated heterocycles. The average molecular weight is 627 g/mol. The molecule has 0 saturated carbocycles. The fraction of sp³-hybridized carbons (Fsp3) is 0.452. The molecule has 5 rings (SSSR count). The second-order valence-electron chi connectivity index (χ2n) is 11.4. The lowest BCUT2D eigenvalue weighted by Gasteiger charge is -2.37. The molecule has 43 heavy (non-hydrogen) atoms. The first-order chi connectivity index (χ1) is 20.6. The number of piperidine rings is 1. The standard InChI is InChI=1S/C31H39ClN6O4S/c1-19(2)42-27-14-21-17-38(22-8-7-11-37(18-22)12-13-39)30(40)23(21)15-26(27)35-31-33-16-24(32)29(36-31)34-25-9-5-6-10-28(25)43(41)20(3)4/h5-6,9-10,14-16,19-20,22,39H,7-8,11-13,17-18H2,1-4H3,(H2,33,34,35,36). The number of rotatable bonds is 11. The van der Waals surface area contributed by atoms with E-state index in [1.54, 1.807) is 0 Å². The Bertz CT molecular complexity index is 1500. The van der Waals surface area contributed by atoms with Crippen LogP contribution in [0.2, 0.25) is 5.02 Å². The molecule has 3 N–H and O–H groups in total. The van der Waals surface area contributed by atoms with Gasteiger partial charge < -0.3 is 25.4 Å². The number of nitrogens with one attached hydrogen (secondary N) is 2. The van der Waals surface area contributed by atoms with Crippen LogP contribution in [-0.4, -0.2) is 78.6 Å². The number of nitrogens with zero attached hydrogens (tertiary/aromatic N) is 4. The van der Waals surface area contributed by atoms with E-state index in [0.29, 0.717) is 51.5 Å². The Kier molecular flexibility index (Phi) is 9.85. The molecule has 0 aliphatic carbocycles. The molecule has 1 aromatic heterocycles. The summed E-state index contributed by atoms with van der Waals surface area (Å²) in [7, 11) is -1.22. The van der Waals surface area contributed by atoms with Crippen molar-refractivity contribution in [1.82, 2.24) is 19.8 Å². The van der Waals surface area contributed by atoms with E-state index < -0.39 is 10.8 Å². The Morgan fingerprint density at radius 3 is 2.70 bits per heavy atom. The van der Waals surface area contributed by atoms with Crippen LogP contribution in [0, 0.1) is 0 Å². The second-order valence-corrected chi connectivity index (χ2v) is 13.8. The van der Waals surface area contributed by atoms with Gasteiger partial charge in [-0.3, -0.25) is 13.9 Å². The highest BCUT2D eigenvalue weighted by molar-refractivity contribution is 7.85. The molecule has 10 nitrogen and oxygen atoms in total. The lowest BCUT2D eigenvalue weighted by Crippen LogP contribution is -2.48. The van der Waals surface area contributed by atoms with Gasteiger partial charge in [0.15, 0.2) is 5.82 Å². The van der Waals surface area contributed by atoms with Gasteiger partial charge >= 0.3 is 0 Å². The minimum atomic E-state index is -1.22. The number of likely N-dealkylation sites (tertiary alicyclic amines) is 1. The molecule has 2 atom stereocenters. The van der Waals surface area contributed by atoms with Crippen LogP contribution < -0.4 is 15.4 Å². The summed E-state index contributed by atoms with van der Waals surface area (Å²) in [5, 5.41) is 16.1. The van der Waals surface area contributed by atoms with E-state index in [4.69, 9.17) is 16.3 Å². The summed E-state index contributed by atoms with van der Waals surface area (Å²) in [6, 6.07) is 11.2. The number of amides is 1. The Balaban J connectivity index is 1.41. The van der Waals surface area contributed by atoms with Crippen molar-refractivity contribution in [3.63, 3.8) is 0 Å². The number of aliphatic hydroxyl groups excluding tert-OH is 1. The lowest BCUT2D eigenvalue weighted by molar-refractivity contribution is 0.0544. The Labute approximate surface area is 260 Å². The number of β-amino-alcohol motifs (C(OH)–C–C–N with tert-alkyl or cyclic N) is 1. The number of halogens is 1. The van der Waals surface area contributed by atoms with Crippen molar-refractivity contribution in [1.29, 1.82) is 0 Å². The molecule has 12 heteroatoms. The van der Waals surface area contributed by atoms with Crippen LogP contribution in [0.15, 0.2) is 47.5 Å². The summed E-state index contributed by atoms with van der Waals surface area (Å²) < 4.78 is 19.1. The van der Waals surface area contributed by atoms with Crippen LogP contribution in [0.3, 0.4) is 0 Å². The van der Waals surface area contributed by atoms with E-state index in [0.717, 1.165) is 31.5 Å². The molecule has 2 aliphatic rings.